The Morgan fingerprint density at radius 2 is 1.62 bits per heavy atom. The molecule has 7 heteroatoms. The van der Waals surface area contributed by atoms with E-state index in [-0.39, 0.29) is 35.7 Å². The van der Waals surface area contributed by atoms with Crippen molar-refractivity contribution in [2.24, 2.45) is 0 Å². The summed E-state index contributed by atoms with van der Waals surface area (Å²) >= 11 is 0. The van der Waals surface area contributed by atoms with E-state index in [9.17, 15) is 18.0 Å². The maximum absolute atomic E-state index is 12.0. The molecule has 2 aromatic rings. The van der Waals surface area contributed by atoms with Gasteiger partial charge in [0.2, 0.25) is 5.91 Å². The molecule has 2 N–H and O–H groups in total. The summed E-state index contributed by atoms with van der Waals surface area (Å²) in [5, 5.41) is 5.53. The van der Waals surface area contributed by atoms with Crippen LogP contribution in [0.5, 0.6) is 0 Å². The molecule has 6 nitrogen and oxygen atoms in total. The Balaban J connectivity index is 1.81. The first-order chi connectivity index (χ1) is 12.3. The maximum Gasteiger partial charge on any atom is 0.251 e. The number of hydrogen-bond donors (Lipinski definition) is 2. The Hall–Kier alpha value is -2.67. The van der Waals surface area contributed by atoms with Crippen LogP contribution in [0.3, 0.4) is 0 Å². The molecule has 0 aliphatic heterocycles. The minimum atomic E-state index is -3.24. The number of carbonyl (C=O) groups is 2. The molecule has 0 spiro atoms. The van der Waals surface area contributed by atoms with Crippen LogP contribution in [-0.4, -0.2) is 33.0 Å². The van der Waals surface area contributed by atoms with Gasteiger partial charge in [-0.1, -0.05) is 30.3 Å². The lowest BCUT2D eigenvalue weighted by molar-refractivity contribution is -0.121. The van der Waals surface area contributed by atoms with E-state index in [1.807, 2.05) is 13.0 Å². The molecule has 0 radical (unpaired) electrons. The van der Waals surface area contributed by atoms with Gasteiger partial charge in [-0.05, 0) is 36.8 Å². The van der Waals surface area contributed by atoms with Crippen LogP contribution in [0.25, 0.3) is 0 Å². The van der Waals surface area contributed by atoms with Gasteiger partial charge in [-0.2, -0.15) is 0 Å². The highest BCUT2D eigenvalue weighted by Gasteiger charge is 2.12. The Morgan fingerprint density at radius 3 is 2.19 bits per heavy atom. The van der Waals surface area contributed by atoms with Gasteiger partial charge in [0, 0.05) is 24.8 Å². The Morgan fingerprint density at radius 1 is 1.00 bits per heavy atom. The normalized spacial score (nSPS) is 12.2. The van der Waals surface area contributed by atoms with E-state index < -0.39 is 9.84 Å². The number of sulfone groups is 1. The van der Waals surface area contributed by atoms with Crippen molar-refractivity contribution in [3.63, 3.8) is 0 Å². The minimum absolute atomic E-state index is 0.157. The van der Waals surface area contributed by atoms with Gasteiger partial charge in [-0.3, -0.25) is 9.59 Å². The number of amides is 2. The number of benzene rings is 2. The fourth-order valence-corrected chi connectivity index (χ4v) is 3.01. The highest BCUT2D eigenvalue weighted by Crippen LogP contribution is 2.16. The largest absolute Gasteiger partial charge is 0.352 e. The molecule has 2 rings (SSSR count). The van der Waals surface area contributed by atoms with Crippen molar-refractivity contribution in [1.29, 1.82) is 0 Å². The zero-order valence-electron chi connectivity index (χ0n) is 14.7. The summed E-state index contributed by atoms with van der Waals surface area (Å²) < 4.78 is 22.9. The lowest BCUT2D eigenvalue weighted by Crippen LogP contribution is -2.32. The average Bonchev–Trinajstić information content (AvgIpc) is 2.61. The second-order valence-corrected chi connectivity index (χ2v) is 8.02. The van der Waals surface area contributed by atoms with Gasteiger partial charge in [0.25, 0.3) is 5.91 Å². The van der Waals surface area contributed by atoms with Crippen LogP contribution in [0.4, 0.5) is 0 Å². The third kappa shape index (κ3) is 5.70. The van der Waals surface area contributed by atoms with E-state index in [0.29, 0.717) is 5.56 Å². The summed E-state index contributed by atoms with van der Waals surface area (Å²) in [6.07, 6.45) is 1.31. The van der Waals surface area contributed by atoms with E-state index in [2.05, 4.69) is 10.6 Å². The molecule has 0 fully saturated rings. The van der Waals surface area contributed by atoms with E-state index in [1.54, 1.807) is 36.4 Å². The lowest BCUT2D eigenvalue weighted by atomic mass is 10.1. The summed E-state index contributed by atoms with van der Waals surface area (Å²) in [5.74, 6) is -0.416. The highest BCUT2D eigenvalue weighted by molar-refractivity contribution is 7.90. The van der Waals surface area contributed by atoms with Crippen molar-refractivity contribution < 1.29 is 18.0 Å². The fraction of sp³-hybridized carbons (Fsp3) is 0.263. The fourth-order valence-electron chi connectivity index (χ4n) is 2.38. The summed E-state index contributed by atoms with van der Waals surface area (Å²) in [4.78, 5) is 24.1. The molecule has 0 saturated heterocycles. The quantitative estimate of drug-likeness (QED) is 0.776. The molecule has 0 aromatic heterocycles. The second kappa shape index (κ2) is 8.62. The van der Waals surface area contributed by atoms with Crippen molar-refractivity contribution in [1.82, 2.24) is 10.6 Å². The zero-order valence-corrected chi connectivity index (χ0v) is 15.5. The Kier molecular flexibility index (Phi) is 6.52. The van der Waals surface area contributed by atoms with Crippen molar-refractivity contribution >= 4 is 21.7 Å². The van der Waals surface area contributed by atoms with Crippen LogP contribution in [0.15, 0.2) is 59.5 Å². The standard InChI is InChI=1S/C19H22N2O4S/c1-14(15-8-10-17(11-9-15)26(2,24)25)21-18(22)12-13-20-19(23)16-6-4-3-5-7-16/h3-11,14H,12-13H2,1-2H3,(H,20,23)(H,21,22). The molecule has 0 aliphatic rings. The van der Waals surface area contributed by atoms with Crippen LogP contribution in [0.1, 0.15) is 35.3 Å². The zero-order chi connectivity index (χ0) is 19.2. The van der Waals surface area contributed by atoms with Crippen LogP contribution in [0, 0.1) is 0 Å². The highest BCUT2D eigenvalue weighted by atomic mass is 32.2. The number of rotatable bonds is 7. The molecular formula is C19H22N2O4S. The van der Waals surface area contributed by atoms with E-state index >= 15 is 0 Å². The third-order valence-corrected chi connectivity index (χ3v) is 4.99. The molecule has 0 heterocycles. The Labute approximate surface area is 153 Å². The summed E-state index contributed by atoms with van der Waals surface area (Å²) in [5.41, 5.74) is 1.35. The minimum Gasteiger partial charge on any atom is -0.352 e. The number of hydrogen-bond acceptors (Lipinski definition) is 4. The van der Waals surface area contributed by atoms with Gasteiger partial charge in [-0.15, -0.1) is 0 Å². The van der Waals surface area contributed by atoms with Crippen molar-refractivity contribution in [3.05, 3.63) is 65.7 Å². The summed E-state index contributed by atoms with van der Waals surface area (Å²) in [6, 6.07) is 14.9. The molecule has 1 unspecified atom stereocenters. The second-order valence-electron chi connectivity index (χ2n) is 6.00. The molecule has 138 valence electrons. The number of carbonyl (C=O) groups excluding carboxylic acids is 2. The lowest BCUT2D eigenvalue weighted by Gasteiger charge is -2.15. The van der Waals surface area contributed by atoms with Gasteiger partial charge >= 0.3 is 0 Å². The monoisotopic (exact) mass is 374 g/mol. The van der Waals surface area contributed by atoms with Crippen LogP contribution >= 0.6 is 0 Å². The van der Waals surface area contributed by atoms with Gasteiger partial charge < -0.3 is 10.6 Å². The first-order valence-corrected chi connectivity index (χ1v) is 10.1. The predicted molar refractivity (Wildman–Crippen MR) is 99.5 cm³/mol. The molecule has 0 saturated carbocycles. The van der Waals surface area contributed by atoms with Gasteiger partial charge in [0.05, 0.1) is 10.9 Å². The van der Waals surface area contributed by atoms with Crippen molar-refractivity contribution in [2.45, 2.75) is 24.3 Å². The predicted octanol–water partition coefficient (Wildman–Crippen LogP) is 2.09. The first-order valence-electron chi connectivity index (χ1n) is 8.20. The van der Waals surface area contributed by atoms with Gasteiger partial charge in [0.15, 0.2) is 9.84 Å². The van der Waals surface area contributed by atoms with Crippen LogP contribution < -0.4 is 10.6 Å². The molecule has 1 atom stereocenters. The third-order valence-electron chi connectivity index (χ3n) is 3.86. The molecule has 0 aliphatic carbocycles. The summed E-state index contributed by atoms with van der Waals surface area (Å²) in [7, 11) is -3.24. The maximum atomic E-state index is 12.0. The molecule has 26 heavy (non-hydrogen) atoms. The van der Waals surface area contributed by atoms with Crippen molar-refractivity contribution in [2.75, 3.05) is 12.8 Å². The molecule has 0 bridgehead atoms. The Bertz CT molecular complexity index is 862. The van der Waals surface area contributed by atoms with E-state index in [1.165, 1.54) is 12.1 Å². The van der Waals surface area contributed by atoms with Crippen LogP contribution in [0.2, 0.25) is 0 Å². The van der Waals surface area contributed by atoms with E-state index in [4.69, 9.17) is 0 Å². The topological polar surface area (TPSA) is 92.3 Å². The van der Waals surface area contributed by atoms with Crippen LogP contribution in [-0.2, 0) is 14.6 Å². The summed E-state index contributed by atoms with van der Waals surface area (Å²) in [6.45, 7) is 2.05. The molecule has 2 aromatic carbocycles. The van der Waals surface area contributed by atoms with Gasteiger partial charge in [-0.25, -0.2) is 8.42 Å². The number of nitrogens with one attached hydrogen (secondary N) is 2. The molecular weight excluding hydrogens is 352 g/mol. The average molecular weight is 374 g/mol. The van der Waals surface area contributed by atoms with Crippen molar-refractivity contribution in [3.8, 4) is 0 Å². The smallest absolute Gasteiger partial charge is 0.251 e. The van der Waals surface area contributed by atoms with E-state index in [0.717, 1.165) is 11.8 Å². The molecule has 2 amide bonds. The SMILES string of the molecule is CC(NC(=O)CCNC(=O)c1ccccc1)c1ccc(S(C)(=O)=O)cc1. The van der Waals surface area contributed by atoms with Gasteiger partial charge in [0.1, 0.15) is 0 Å². The first kappa shape index (κ1) is 19.7.